The first kappa shape index (κ1) is 13.9. The Balaban J connectivity index is 1.82. The first-order valence-corrected chi connectivity index (χ1v) is 7.98. The molecular formula is C18H17NOS. The van der Waals surface area contributed by atoms with E-state index in [1.165, 1.54) is 16.0 Å². The predicted octanol–water partition coefficient (Wildman–Crippen LogP) is 3.27. The zero-order valence-corrected chi connectivity index (χ0v) is 12.8. The molecule has 3 rings (SSSR count). The van der Waals surface area contributed by atoms with E-state index in [1.807, 2.05) is 16.3 Å². The normalized spacial score (nSPS) is 13.4. The van der Waals surface area contributed by atoms with Crippen LogP contribution in [0.4, 0.5) is 0 Å². The van der Waals surface area contributed by atoms with Gasteiger partial charge in [0.2, 0.25) is 0 Å². The van der Waals surface area contributed by atoms with E-state index in [1.54, 1.807) is 18.3 Å². The summed E-state index contributed by atoms with van der Waals surface area (Å²) in [6.45, 7) is 2.37. The summed E-state index contributed by atoms with van der Waals surface area (Å²) in [5, 5.41) is 2.05. The Bertz CT molecular complexity index is 669. The highest BCUT2D eigenvalue weighted by Gasteiger charge is 2.29. The Labute approximate surface area is 129 Å². The molecule has 1 heterocycles. The predicted molar refractivity (Wildman–Crippen MR) is 86.0 cm³/mol. The Morgan fingerprint density at radius 3 is 2.52 bits per heavy atom. The summed E-state index contributed by atoms with van der Waals surface area (Å²) in [6.07, 6.45) is 1.86. The number of amides is 1. The van der Waals surface area contributed by atoms with E-state index in [2.05, 4.69) is 42.2 Å². The number of benzene rings is 1. The Kier molecular flexibility index (Phi) is 4.08. The summed E-state index contributed by atoms with van der Waals surface area (Å²) in [6, 6.07) is 12.8. The molecule has 0 unspecified atom stereocenters. The summed E-state index contributed by atoms with van der Waals surface area (Å²) in [7, 11) is 0. The van der Waals surface area contributed by atoms with Crippen molar-refractivity contribution in [3.63, 3.8) is 0 Å². The largest absolute Gasteiger partial charge is 0.323 e. The van der Waals surface area contributed by atoms with Crippen molar-refractivity contribution in [2.24, 2.45) is 0 Å². The van der Waals surface area contributed by atoms with E-state index in [9.17, 15) is 4.79 Å². The van der Waals surface area contributed by atoms with Crippen LogP contribution in [0.5, 0.6) is 0 Å². The minimum atomic E-state index is -0.0660. The van der Waals surface area contributed by atoms with Gasteiger partial charge in [0.15, 0.2) is 0 Å². The third-order valence-corrected chi connectivity index (χ3v) is 4.73. The van der Waals surface area contributed by atoms with Crippen LogP contribution in [0.2, 0.25) is 0 Å². The van der Waals surface area contributed by atoms with Gasteiger partial charge in [-0.25, -0.2) is 0 Å². The molecule has 0 atom stereocenters. The molecule has 21 heavy (non-hydrogen) atoms. The molecular weight excluding hydrogens is 278 g/mol. The molecule has 1 aliphatic rings. The number of nitrogens with zero attached hydrogens (tertiary/aromatic N) is 1. The lowest BCUT2D eigenvalue weighted by molar-refractivity contribution is -0.127. The smallest absolute Gasteiger partial charge is 0.299 e. The summed E-state index contributed by atoms with van der Waals surface area (Å²) in [4.78, 5) is 15.5. The number of carbonyl (C=O) groups excluding carboxylic acids is 1. The van der Waals surface area contributed by atoms with Gasteiger partial charge >= 0.3 is 0 Å². The molecule has 0 N–H and O–H groups in total. The Morgan fingerprint density at radius 1 is 1.24 bits per heavy atom. The van der Waals surface area contributed by atoms with Gasteiger partial charge in [0.1, 0.15) is 0 Å². The van der Waals surface area contributed by atoms with Crippen LogP contribution in [0, 0.1) is 11.8 Å². The highest BCUT2D eigenvalue weighted by Crippen LogP contribution is 2.27. The van der Waals surface area contributed by atoms with Gasteiger partial charge in [0, 0.05) is 10.9 Å². The molecule has 3 heteroatoms. The average Bonchev–Trinajstić information content (AvgIpc) is 3.13. The maximum atomic E-state index is 12.4. The molecule has 1 aliphatic carbocycles. The highest BCUT2D eigenvalue weighted by molar-refractivity contribution is 7.09. The van der Waals surface area contributed by atoms with E-state index in [-0.39, 0.29) is 11.9 Å². The third-order valence-electron chi connectivity index (χ3n) is 3.87. The van der Waals surface area contributed by atoms with E-state index in [0.29, 0.717) is 6.54 Å². The van der Waals surface area contributed by atoms with Crippen molar-refractivity contribution < 1.29 is 4.79 Å². The third kappa shape index (κ3) is 3.01. The second kappa shape index (κ2) is 6.15. The molecule has 0 saturated heterocycles. The highest BCUT2D eigenvalue weighted by atomic mass is 32.1. The SMILES string of the molecule is CC#CC(=O)N(Cc1cccs1)C1Cc2ccccc2C1. The van der Waals surface area contributed by atoms with E-state index in [4.69, 9.17) is 0 Å². The van der Waals surface area contributed by atoms with Crippen LogP contribution in [0.25, 0.3) is 0 Å². The van der Waals surface area contributed by atoms with Crippen LogP contribution >= 0.6 is 11.3 Å². The van der Waals surface area contributed by atoms with Crippen LogP contribution < -0.4 is 0 Å². The lowest BCUT2D eigenvalue weighted by atomic mass is 10.1. The maximum absolute atomic E-state index is 12.4. The molecule has 1 aromatic carbocycles. The minimum absolute atomic E-state index is 0.0660. The quantitative estimate of drug-likeness (QED) is 0.796. The fraction of sp³-hybridized carbons (Fsp3) is 0.278. The van der Waals surface area contributed by atoms with Gasteiger partial charge in [-0.3, -0.25) is 4.79 Å². The molecule has 0 aliphatic heterocycles. The van der Waals surface area contributed by atoms with Crippen LogP contribution in [0.15, 0.2) is 41.8 Å². The van der Waals surface area contributed by atoms with Gasteiger partial charge in [0.25, 0.3) is 5.91 Å². The number of hydrogen-bond acceptors (Lipinski definition) is 2. The maximum Gasteiger partial charge on any atom is 0.299 e. The number of rotatable bonds is 3. The molecule has 1 aromatic heterocycles. The standard InChI is InChI=1S/C18H17NOS/c1-2-6-18(20)19(13-17-9-5-10-21-17)16-11-14-7-3-4-8-15(14)12-16/h3-5,7-10,16H,11-13H2,1H3. The molecule has 0 bridgehead atoms. The van der Waals surface area contributed by atoms with Gasteiger partial charge in [-0.15, -0.1) is 11.3 Å². The van der Waals surface area contributed by atoms with Crippen molar-refractivity contribution >= 4 is 17.2 Å². The lowest BCUT2D eigenvalue weighted by Gasteiger charge is -2.26. The molecule has 1 amide bonds. The van der Waals surface area contributed by atoms with Crippen molar-refractivity contribution in [1.29, 1.82) is 0 Å². The van der Waals surface area contributed by atoms with Gasteiger partial charge < -0.3 is 4.90 Å². The van der Waals surface area contributed by atoms with Crippen LogP contribution in [-0.4, -0.2) is 16.8 Å². The van der Waals surface area contributed by atoms with Crippen LogP contribution in [0.3, 0.4) is 0 Å². The molecule has 0 spiro atoms. The van der Waals surface area contributed by atoms with Crippen LogP contribution in [0.1, 0.15) is 22.9 Å². The van der Waals surface area contributed by atoms with Gasteiger partial charge in [-0.05, 0) is 48.3 Å². The first-order valence-electron chi connectivity index (χ1n) is 7.10. The fourth-order valence-corrected chi connectivity index (χ4v) is 3.57. The lowest BCUT2D eigenvalue weighted by Crippen LogP contribution is -2.39. The van der Waals surface area contributed by atoms with Crippen molar-refractivity contribution in [1.82, 2.24) is 4.90 Å². The molecule has 0 radical (unpaired) electrons. The van der Waals surface area contributed by atoms with E-state index < -0.39 is 0 Å². The topological polar surface area (TPSA) is 20.3 Å². The molecule has 2 aromatic rings. The van der Waals surface area contributed by atoms with Gasteiger partial charge in [-0.1, -0.05) is 36.3 Å². The Morgan fingerprint density at radius 2 is 1.95 bits per heavy atom. The summed E-state index contributed by atoms with van der Waals surface area (Å²) < 4.78 is 0. The monoisotopic (exact) mass is 295 g/mol. The Hall–Kier alpha value is -2.05. The van der Waals surface area contributed by atoms with Crippen LogP contribution in [-0.2, 0) is 24.2 Å². The number of hydrogen-bond donors (Lipinski definition) is 0. The fourth-order valence-electron chi connectivity index (χ4n) is 2.87. The molecule has 106 valence electrons. The van der Waals surface area contributed by atoms with E-state index in [0.717, 1.165) is 12.8 Å². The molecule has 0 fully saturated rings. The zero-order valence-electron chi connectivity index (χ0n) is 12.0. The number of carbonyl (C=O) groups is 1. The zero-order chi connectivity index (χ0) is 14.7. The molecule has 2 nitrogen and oxygen atoms in total. The van der Waals surface area contributed by atoms with Crippen molar-refractivity contribution in [3.05, 3.63) is 57.8 Å². The first-order chi connectivity index (χ1) is 10.3. The average molecular weight is 295 g/mol. The van der Waals surface area contributed by atoms with Gasteiger partial charge in [0.05, 0.1) is 6.54 Å². The number of thiophene rings is 1. The minimum Gasteiger partial charge on any atom is -0.323 e. The second-order valence-electron chi connectivity index (χ2n) is 5.22. The summed E-state index contributed by atoms with van der Waals surface area (Å²) in [5.41, 5.74) is 2.71. The molecule has 0 saturated carbocycles. The van der Waals surface area contributed by atoms with Crippen molar-refractivity contribution in [3.8, 4) is 11.8 Å². The van der Waals surface area contributed by atoms with Crippen molar-refractivity contribution in [2.75, 3.05) is 0 Å². The number of fused-ring (bicyclic) bond motifs is 1. The summed E-state index contributed by atoms with van der Waals surface area (Å²) in [5.74, 6) is 5.37. The van der Waals surface area contributed by atoms with Gasteiger partial charge in [-0.2, -0.15) is 0 Å². The second-order valence-corrected chi connectivity index (χ2v) is 6.25. The van der Waals surface area contributed by atoms with E-state index >= 15 is 0 Å². The summed E-state index contributed by atoms with van der Waals surface area (Å²) >= 11 is 1.69. The van der Waals surface area contributed by atoms with Crippen molar-refractivity contribution in [2.45, 2.75) is 32.4 Å².